The van der Waals surface area contributed by atoms with E-state index in [1.54, 1.807) is 6.20 Å². The number of fused-ring (bicyclic) bond motifs is 1. The molecule has 2 rings (SSSR count). The Morgan fingerprint density at radius 2 is 2.18 bits per heavy atom. The Kier molecular flexibility index (Phi) is 3.38. The van der Waals surface area contributed by atoms with Crippen LogP contribution >= 0.6 is 11.6 Å². The molecule has 0 aliphatic heterocycles. The molecule has 0 spiro atoms. The van der Waals surface area contributed by atoms with Crippen molar-refractivity contribution in [3.63, 3.8) is 0 Å². The number of nitrogens with one attached hydrogen (secondary N) is 1. The van der Waals surface area contributed by atoms with Gasteiger partial charge in [-0.2, -0.15) is 0 Å². The number of rotatable bonds is 3. The summed E-state index contributed by atoms with van der Waals surface area (Å²) in [4.78, 5) is 16.4. The zero-order valence-corrected chi connectivity index (χ0v) is 10.7. The topological polar surface area (TPSA) is 36.1 Å². The largest absolute Gasteiger partial charge is 0.375 e. The summed E-state index contributed by atoms with van der Waals surface area (Å²) < 4.78 is 0. The van der Waals surface area contributed by atoms with Crippen LogP contribution in [0.3, 0.4) is 0 Å². The minimum Gasteiger partial charge on any atom is -0.375 e. The fourth-order valence-corrected chi connectivity index (χ4v) is 2.25. The molecule has 0 fully saturated rings. The molecule has 17 heavy (non-hydrogen) atoms. The molecular weight excluding hydrogens is 236 g/mol. The predicted octanol–water partition coefficient (Wildman–Crippen LogP) is 3.03. The highest BCUT2D eigenvalue weighted by molar-refractivity contribution is 6.35. The standard InChI is InChI=1S/C13H15ClN2O/c1-3-6-16(2)10-7-9-4-5-15-13(17)12(9)11(14)8-10/h4-5,7-8H,3,6H2,1-2H3,(H,15,17). The highest BCUT2D eigenvalue weighted by Gasteiger charge is 2.08. The number of hydrogen-bond donors (Lipinski definition) is 1. The normalized spacial score (nSPS) is 10.8. The van der Waals surface area contributed by atoms with E-state index >= 15 is 0 Å². The summed E-state index contributed by atoms with van der Waals surface area (Å²) in [5.74, 6) is 0. The van der Waals surface area contributed by atoms with E-state index in [1.807, 2.05) is 25.2 Å². The summed E-state index contributed by atoms with van der Waals surface area (Å²) in [6.07, 6.45) is 2.71. The van der Waals surface area contributed by atoms with Gasteiger partial charge in [0.1, 0.15) is 0 Å². The molecule has 1 aromatic heterocycles. The van der Waals surface area contributed by atoms with Gasteiger partial charge in [-0.15, -0.1) is 0 Å². The Bertz CT molecular complexity index is 591. The van der Waals surface area contributed by atoms with Crippen LogP contribution in [-0.2, 0) is 0 Å². The number of pyridine rings is 1. The minimum atomic E-state index is -0.141. The third kappa shape index (κ3) is 2.29. The monoisotopic (exact) mass is 250 g/mol. The smallest absolute Gasteiger partial charge is 0.257 e. The summed E-state index contributed by atoms with van der Waals surface area (Å²) in [5, 5.41) is 1.93. The summed E-state index contributed by atoms with van der Waals surface area (Å²) >= 11 is 6.17. The van der Waals surface area contributed by atoms with E-state index in [2.05, 4.69) is 16.8 Å². The van der Waals surface area contributed by atoms with Crippen LogP contribution < -0.4 is 10.5 Å². The Labute approximate surface area is 105 Å². The second kappa shape index (κ2) is 4.80. The molecule has 0 amide bonds. The Morgan fingerprint density at radius 1 is 1.41 bits per heavy atom. The molecule has 0 saturated carbocycles. The lowest BCUT2D eigenvalue weighted by atomic mass is 10.1. The van der Waals surface area contributed by atoms with Crippen molar-refractivity contribution >= 4 is 28.1 Å². The molecule has 0 aliphatic rings. The highest BCUT2D eigenvalue weighted by Crippen LogP contribution is 2.26. The van der Waals surface area contributed by atoms with Gasteiger partial charge < -0.3 is 9.88 Å². The van der Waals surface area contributed by atoms with E-state index < -0.39 is 0 Å². The molecule has 3 nitrogen and oxygen atoms in total. The molecule has 4 heteroatoms. The summed E-state index contributed by atoms with van der Waals surface area (Å²) in [6.45, 7) is 3.09. The zero-order chi connectivity index (χ0) is 12.4. The third-order valence-electron chi connectivity index (χ3n) is 2.81. The lowest BCUT2D eigenvalue weighted by Gasteiger charge is -2.19. The average Bonchev–Trinajstić information content (AvgIpc) is 2.29. The van der Waals surface area contributed by atoms with Gasteiger partial charge in [-0.3, -0.25) is 4.79 Å². The first-order valence-corrected chi connectivity index (χ1v) is 6.03. The maximum absolute atomic E-state index is 11.7. The zero-order valence-electron chi connectivity index (χ0n) is 9.96. The van der Waals surface area contributed by atoms with Crippen molar-refractivity contribution in [3.8, 4) is 0 Å². The number of hydrogen-bond acceptors (Lipinski definition) is 2. The summed E-state index contributed by atoms with van der Waals surface area (Å²) in [6, 6.07) is 5.70. The van der Waals surface area contributed by atoms with Crippen molar-refractivity contribution < 1.29 is 0 Å². The van der Waals surface area contributed by atoms with Gasteiger partial charge in [0, 0.05) is 25.5 Å². The Hall–Kier alpha value is -1.48. The number of benzene rings is 1. The molecule has 0 atom stereocenters. The van der Waals surface area contributed by atoms with Gasteiger partial charge in [0.15, 0.2) is 0 Å². The van der Waals surface area contributed by atoms with Crippen molar-refractivity contribution in [2.24, 2.45) is 0 Å². The van der Waals surface area contributed by atoms with E-state index in [4.69, 9.17) is 11.6 Å². The second-order valence-corrected chi connectivity index (χ2v) is 4.53. The molecule has 0 unspecified atom stereocenters. The van der Waals surface area contributed by atoms with E-state index in [0.717, 1.165) is 24.0 Å². The van der Waals surface area contributed by atoms with Gasteiger partial charge in [0.25, 0.3) is 5.56 Å². The molecule has 1 N–H and O–H groups in total. The van der Waals surface area contributed by atoms with Gasteiger partial charge in [-0.05, 0) is 30.0 Å². The number of nitrogens with zero attached hydrogens (tertiary/aromatic N) is 1. The second-order valence-electron chi connectivity index (χ2n) is 4.12. The van der Waals surface area contributed by atoms with Gasteiger partial charge in [0.05, 0.1) is 10.4 Å². The summed E-state index contributed by atoms with van der Waals surface area (Å²) in [5.41, 5.74) is 0.896. The van der Waals surface area contributed by atoms with Crippen molar-refractivity contribution in [2.45, 2.75) is 13.3 Å². The van der Waals surface area contributed by atoms with Crippen molar-refractivity contribution in [2.75, 3.05) is 18.5 Å². The maximum atomic E-state index is 11.7. The molecule has 2 aromatic rings. The maximum Gasteiger partial charge on any atom is 0.257 e. The van der Waals surface area contributed by atoms with E-state index in [9.17, 15) is 4.79 Å². The van der Waals surface area contributed by atoms with Crippen molar-refractivity contribution in [1.29, 1.82) is 0 Å². The number of aromatic amines is 1. The van der Waals surface area contributed by atoms with Gasteiger partial charge in [0.2, 0.25) is 0 Å². The molecule has 1 heterocycles. The highest BCUT2D eigenvalue weighted by atomic mass is 35.5. The number of aromatic nitrogens is 1. The van der Waals surface area contributed by atoms with Crippen LogP contribution in [0, 0.1) is 0 Å². The molecule has 0 aliphatic carbocycles. The molecule has 0 radical (unpaired) electrons. The third-order valence-corrected chi connectivity index (χ3v) is 3.11. The SMILES string of the molecule is CCCN(C)c1cc(Cl)c2c(=O)[nH]ccc2c1. The van der Waals surface area contributed by atoms with E-state index in [-0.39, 0.29) is 5.56 Å². The first kappa shape index (κ1) is 12.0. The van der Waals surface area contributed by atoms with Crippen LogP contribution in [0.25, 0.3) is 10.8 Å². The predicted molar refractivity (Wildman–Crippen MR) is 73.1 cm³/mol. The number of halogens is 1. The van der Waals surface area contributed by atoms with E-state index in [0.29, 0.717) is 10.4 Å². The molecular formula is C13H15ClN2O. The number of anilines is 1. The van der Waals surface area contributed by atoms with Crippen LogP contribution in [-0.4, -0.2) is 18.6 Å². The van der Waals surface area contributed by atoms with Crippen LogP contribution in [0.4, 0.5) is 5.69 Å². The first-order chi connectivity index (χ1) is 8.13. The number of H-pyrrole nitrogens is 1. The fraction of sp³-hybridized carbons (Fsp3) is 0.308. The van der Waals surface area contributed by atoms with Crippen molar-refractivity contribution in [3.05, 3.63) is 39.8 Å². The summed E-state index contributed by atoms with van der Waals surface area (Å²) in [7, 11) is 2.02. The van der Waals surface area contributed by atoms with Crippen LogP contribution in [0.2, 0.25) is 5.02 Å². The lowest BCUT2D eigenvalue weighted by Crippen LogP contribution is -2.18. The van der Waals surface area contributed by atoms with Gasteiger partial charge >= 0.3 is 0 Å². The molecule has 0 saturated heterocycles. The van der Waals surface area contributed by atoms with Crippen LogP contribution in [0.5, 0.6) is 0 Å². The van der Waals surface area contributed by atoms with E-state index in [1.165, 1.54) is 0 Å². The fourth-order valence-electron chi connectivity index (χ4n) is 1.95. The van der Waals surface area contributed by atoms with Gasteiger partial charge in [-0.1, -0.05) is 18.5 Å². The van der Waals surface area contributed by atoms with Crippen molar-refractivity contribution in [1.82, 2.24) is 4.98 Å². The van der Waals surface area contributed by atoms with Gasteiger partial charge in [-0.25, -0.2) is 0 Å². The molecule has 1 aromatic carbocycles. The first-order valence-electron chi connectivity index (χ1n) is 5.65. The quantitative estimate of drug-likeness (QED) is 0.909. The van der Waals surface area contributed by atoms with Crippen LogP contribution in [0.15, 0.2) is 29.2 Å². The minimum absolute atomic E-state index is 0.141. The Morgan fingerprint density at radius 3 is 2.88 bits per heavy atom. The molecule has 90 valence electrons. The lowest BCUT2D eigenvalue weighted by molar-refractivity contribution is 0.853. The Balaban J connectivity index is 2.60. The molecule has 0 bridgehead atoms. The van der Waals surface area contributed by atoms with Crippen LogP contribution in [0.1, 0.15) is 13.3 Å². The average molecular weight is 251 g/mol.